The summed E-state index contributed by atoms with van der Waals surface area (Å²) in [6.07, 6.45) is 0. The second kappa shape index (κ2) is 8.41. The van der Waals surface area contributed by atoms with E-state index in [0.717, 1.165) is 9.13 Å². The zero-order valence-electron chi connectivity index (χ0n) is 14.5. The number of hydrogen-bond donors (Lipinski definition) is 1. The number of carbonyl (C=O) groups excluding carboxylic acids is 2. The number of ether oxygens (including phenoxy) is 1. The molecule has 1 saturated heterocycles. The third-order valence-corrected chi connectivity index (χ3v) is 5.35. The molecule has 1 fully saturated rings. The maximum atomic E-state index is 12.7. The van der Waals surface area contributed by atoms with E-state index in [1.54, 1.807) is 24.3 Å². The number of Topliss-reactive ketones (excluding diaryl/α,β-unsaturated/α-hetero) is 1. The average Bonchev–Trinajstić information content (AvgIpc) is 2.91. The third-order valence-electron chi connectivity index (χ3n) is 4.38. The average molecular weight is 498 g/mol. The van der Waals surface area contributed by atoms with Gasteiger partial charge in [0.1, 0.15) is 5.76 Å². The summed E-state index contributed by atoms with van der Waals surface area (Å²) in [7, 11) is 1.53. The lowest BCUT2D eigenvalue weighted by Crippen LogP contribution is -2.32. The van der Waals surface area contributed by atoms with Crippen molar-refractivity contribution in [2.24, 2.45) is 0 Å². The van der Waals surface area contributed by atoms with Crippen molar-refractivity contribution in [2.45, 2.75) is 6.04 Å². The van der Waals surface area contributed by atoms with Gasteiger partial charge in [0.15, 0.2) is 0 Å². The van der Waals surface area contributed by atoms with Crippen LogP contribution in [0.5, 0.6) is 0 Å². The van der Waals surface area contributed by atoms with Gasteiger partial charge in [-0.05, 0) is 64.6 Å². The van der Waals surface area contributed by atoms with Gasteiger partial charge in [0.2, 0.25) is 0 Å². The Labute approximate surface area is 175 Å². The van der Waals surface area contributed by atoms with Crippen molar-refractivity contribution in [3.63, 3.8) is 0 Å². The van der Waals surface area contributed by atoms with Crippen molar-refractivity contribution < 1.29 is 19.4 Å². The van der Waals surface area contributed by atoms with E-state index in [4.69, 9.17) is 16.3 Å². The van der Waals surface area contributed by atoms with Gasteiger partial charge < -0.3 is 14.7 Å². The first-order chi connectivity index (χ1) is 12.9. The van der Waals surface area contributed by atoms with Crippen LogP contribution in [0.1, 0.15) is 17.2 Å². The summed E-state index contributed by atoms with van der Waals surface area (Å²) < 4.78 is 6.12. The number of carbonyl (C=O) groups is 2. The van der Waals surface area contributed by atoms with Gasteiger partial charge in [0.05, 0.1) is 18.2 Å². The quantitative estimate of drug-likeness (QED) is 0.293. The summed E-state index contributed by atoms with van der Waals surface area (Å²) in [6, 6.07) is 13.3. The molecule has 140 valence electrons. The largest absolute Gasteiger partial charge is 0.507 e. The predicted molar refractivity (Wildman–Crippen MR) is 111 cm³/mol. The number of methoxy groups -OCH3 is 1. The van der Waals surface area contributed by atoms with Crippen LogP contribution < -0.4 is 0 Å². The van der Waals surface area contributed by atoms with Crippen LogP contribution in [0.4, 0.5) is 0 Å². The molecule has 5 nitrogen and oxygen atoms in total. The first-order valence-corrected chi connectivity index (χ1v) is 9.68. The van der Waals surface area contributed by atoms with Crippen LogP contribution in [0.15, 0.2) is 54.1 Å². The number of rotatable bonds is 5. The Balaban J connectivity index is 2.14. The summed E-state index contributed by atoms with van der Waals surface area (Å²) in [5, 5.41) is 11.3. The minimum absolute atomic E-state index is 0.0691. The highest BCUT2D eigenvalue weighted by atomic mass is 127. The van der Waals surface area contributed by atoms with Crippen LogP contribution in [0.25, 0.3) is 5.76 Å². The lowest BCUT2D eigenvalue weighted by molar-refractivity contribution is -0.140. The van der Waals surface area contributed by atoms with E-state index >= 15 is 0 Å². The number of aliphatic hydroxyl groups is 1. The molecule has 0 unspecified atom stereocenters. The normalized spacial score (nSPS) is 18.9. The summed E-state index contributed by atoms with van der Waals surface area (Å²) in [6.45, 7) is 0.532. The Kier molecular flexibility index (Phi) is 6.18. The Morgan fingerprint density at radius 1 is 1.15 bits per heavy atom. The van der Waals surface area contributed by atoms with E-state index in [9.17, 15) is 14.7 Å². The first-order valence-electron chi connectivity index (χ1n) is 8.22. The third kappa shape index (κ3) is 4.02. The molecule has 0 bridgehead atoms. The molecule has 0 aliphatic carbocycles. The van der Waals surface area contributed by atoms with Gasteiger partial charge in [-0.3, -0.25) is 9.59 Å². The Morgan fingerprint density at radius 3 is 2.37 bits per heavy atom. The molecule has 1 aliphatic rings. The molecule has 0 aromatic heterocycles. The smallest absolute Gasteiger partial charge is 0.295 e. The van der Waals surface area contributed by atoms with Crippen LogP contribution in [-0.4, -0.2) is 42.0 Å². The van der Waals surface area contributed by atoms with Gasteiger partial charge in [-0.2, -0.15) is 0 Å². The van der Waals surface area contributed by atoms with Crippen molar-refractivity contribution >= 4 is 51.6 Å². The van der Waals surface area contributed by atoms with Crippen LogP contribution in [-0.2, 0) is 14.3 Å². The molecule has 1 aliphatic heterocycles. The van der Waals surface area contributed by atoms with E-state index in [1.165, 1.54) is 12.0 Å². The van der Waals surface area contributed by atoms with E-state index in [0.29, 0.717) is 10.6 Å². The number of hydrogen-bond acceptors (Lipinski definition) is 4. The van der Waals surface area contributed by atoms with Crippen molar-refractivity contribution in [1.82, 2.24) is 4.90 Å². The lowest BCUT2D eigenvalue weighted by atomic mass is 9.95. The van der Waals surface area contributed by atoms with Crippen molar-refractivity contribution in [3.8, 4) is 0 Å². The van der Waals surface area contributed by atoms with Crippen molar-refractivity contribution in [2.75, 3.05) is 20.3 Å². The molecule has 0 radical (unpaired) electrons. The number of nitrogens with zero attached hydrogens (tertiary/aromatic N) is 1. The molecule has 0 spiro atoms. The van der Waals surface area contributed by atoms with Gasteiger partial charge in [-0.1, -0.05) is 23.7 Å². The van der Waals surface area contributed by atoms with Gasteiger partial charge in [0, 0.05) is 27.8 Å². The molecule has 1 N–H and O–H groups in total. The fourth-order valence-corrected chi connectivity index (χ4v) is 3.54. The van der Waals surface area contributed by atoms with Crippen molar-refractivity contribution in [1.29, 1.82) is 0 Å². The molecule has 2 aromatic carbocycles. The van der Waals surface area contributed by atoms with E-state index < -0.39 is 17.7 Å². The molecular weight excluding hydrogens is 481 g/mol. The maximum absolute atomic E-state index is 12.7. The minimum atomic E-state index is -0.706. The number of benzene rings is 2. The number of likely N-dealkylation sites (tertiary alicyclic amines) is 1. The highest BCUT2D eigenvalue weighted by molar-refractivity contribution is 14.1. The number of amides is 1. The predicted octanol–water partition coefficient (Wildman–Crippen LogP) is 4.01. The standard InChI is InChI=1S/C20H17ClINO4/c1-27-11-10-23-17(12-4-8-15(22)9-5-12)16(19(25)20(23)26)18(24)13-2-6-14(21)7-3-13/h2-9,17,24H,10-11H2,1H3/t17-/m0/s1. The van der Waals surface area contributed by atoms with Crippen molar-refractivity contribution in [3.05, 3.63) is 73.8 Å². The topological polar surface area (TPSA) is 66.8 Å². The van der Waals surface area contributed by atoms with Crippen LogP contribution in [0, 0.1) is 3.57 Å². The molecule has 27 heavy (non-hydrogen) atoms. The Bertz CT molecular complexity index is 893. The van der Waals surface area contributed by atoms with Gasteiger partial charge in [-0.15, -0.1) is 0 Å². The fourth-order valence-electron chi connectivity index (χ4n) is 3.06. The SMILES string of the molecule is COCCN1C(=O)C(=O)C(=C(O)c2ccc(Cl)cc2)[C@@H]1c1ccc(I)cc1. The monoisotopic (exact) mass is 497 g/mol. The summed E-state index contributed by atoms with van der Waals surface area (Å²) in [4.78, 5) is 26.8. The van der Waals surface area contributed by atoms with E-state index in [1.807, 2.05) is 24.3 Å². The molecule has 1 amide bonds. The maximum Gasteiger partial charge on any atom is 0.295 e. The summed E-state index contributed by atoms with van der Waals surface area (Å²) in [5.41, 5.74) is 1.25. The second-order valence-corrected chi connectivity index (χ2v) is 7.73. The van der Waals surface area contributed by atoms with Crippen LogP contribution in [0.2, 0.25) is 5.02 Å². The summed E-state index contributed by atoms with van der Waals surface area (Å²) in [5.74, 6) is -1.57. The lowest BCUT2D eigenvalue weighted by Gasteiger charge is -2.25. The van der Waals surface area contributed by atoms with Gasteiger partial charge in [-0.25, -0.2) is 0 Å². The molecule has 2 aromatic rings. The zero-order valence-corrected chi connectivity index (χ0v) is 17.4. The molecule has 0 saturated carbocycles. The fraction of sp³-hybridized carbons (Fsp3) is 0.200. The van der Waals surface area contributed by atoms with E-state index in [-0.39, 0.29) is 24.5 Å². The van der Waals surface area contributed by atoms with E-state index in [2.05, 4.69) is 22.6 Å². The highest BCUT2D eigenvalue weighted by Crippen LogP contribution is 2.39. The summed E-state index contributed by atoms with van der Waals surface area (Å²) >= 11 is 8.09. The zero-order chi connectivity index (χ0) is 19.6. The first kappa shape index (κ1) is 19.9. The molecule has 3 rings (SSSR count). The molecular formula is C20H17ClINO4. The molecule has 7 heteroatoms. The van der Waals surface area contributed by atoms with Gasteiger partial charge in [0.25, 0.3) is 11.7 Å². The number of halogens is 2. The Hall–Kier alpha value is -1.90. The van der Waals surface area contributed by atoms with Crippen LogP contribution in [0.3, 0.4) is 0 Å². The van der Waals surface area contributed by atoms with Crippen LogP contribution >= 0.6 is 34.2 Å². The Morgan fingerprint density at radius 2 is 1.78 bits per heavy atom. The van der Waals surface area contributed by atoms with Gasteiger partial charge >= 0.3 is 0 Å². The molecule has 1 heterocycles. The highest BCUT2D eigenvalue weighted by Gasteiger charge is 2.45. The second-order valence-electron chi connectivity index (χ2n) is 6.04. The minimum Gasteiger partial charge on any atom is -0.507 e. The number of ketones is 1. The molecule has 1 atom stereocenters. The number of aliphatic hydroxyl groups excluding tert-OH is 1.